The Bertz CT molecular complexity index is 797. The van der Waals surface area contributed by atoms with E-state index in [0.717, 1.165) is 6.42 Å². The SMILES string of the molecule is CCCOc1ccccc1OCC(=O)OCC(=O)Nc1sccc1C#N. The largest absolute Gasteiger partial charge is 0.490 e. The quantitative estimate of drug-likeness (QED) is 0.678. The number of carbonyl (C=O) groups excluding carboxylic acids is 2. The van der Waals surface area contributed by atoms with Gasteiger partial charge in [-0.05, 0) is 30.0 Å². The molecule has 8 heteroatoms. The first-order chi connectivity index (χ1) is 12.6. The molecule has 0 aliphatic carbocycles. The summed E-state index contributed by atoms with van der Waals surface area (Å²) in [7, 11) is 0. The van der Waals surface area contributed by atoms with Crippen molar-refractivity contribution in [2.75, 3.05) is 25.1 Å². The standard InChI is InChI=1S/C18H18N2O5S/c1-2-8-23-14-5-3-4-6-15(14)24-12-17(22)25-11-16(21)20-18-13(10-19)7-9-26-18/h3-7,9H,2,8,11-12H2,1H3,(H,20,21). The number of thiophene rings is 1. The van der Waals surface area contributed by atoms with Gasteiger partial charge in [-0.2, -0.15) is 5.26 Å². The Kier molecular flexibility index (Phi) is 7.46. The third-order valence-corrected chi connectivity index (χ3v) is 3.89. The van der Waals surface area contributed by atoms with Crippen molar-refractivity contribution in [2.45, 2.75) is 13.3 Å². The van der Waals surface area contributed by atoms with E-state index in [2.05, 4.69) is 5.32 Å². The molecule has 0 aliphatic rings. The van der Waals surface area contributed by atoms with Crippen molar-refractivity contribution in [3.05, 3.63) is 41.3 Å². The molecule has 1 aromatic carbocycles. The number of rotatable bonds is 9. The van der Waals surface area contributed by atoms with Crippen LogP contribution >= 0.6 is 11.3 Å². The van der Waals surface area contributed by atoms with Gasteiger partial charge in [0.1, 0.15) is 11.1 Å². The molecule has 1 aromatic heterocycles. The monoisotopic (exact) mass is 374 g/mol. The minimum absolute atomic E-state index is 0.345. The third kappa shape index (κ3) is 5.79. The highest BCUT2D eigenvalue weighted by molar-refractivity contribution is 7.14. The van der Waals surface area contributed by atoms with Crippen LogP contribution in [0.2, 0.25) is 0 Å². The van der Waals surface area contributed by atoms with E-state index in [1.54, 1.807) is 35.7 Å². The summed E-state index contributed by atoms with van der Waals surface area (Å²) in [6.07, 6.45) is 0.850. The Morgan fingerprint density at radius 1 is 1.15 bits per heavy atom. The summed E-state index contributed by atoms with van der Waals surface area (Å²) in [5.74, 6) is -0.234. The van der Waals surface area contributed by atoms with E-state index in [0.29, 0.717) is 28.7 Å². The van der Waals surface area contributed by atoms with Crippen molar-refractivity contribution < 1.29 is 23.8 Å². The smallest absolute Gasteiger partial charge is 0.344 e. The van der Waals surface area contributed by atoms with E-state index in [4.69, 9.17) is 19.5 Å². The van der Waals surface area contributed by atoms with Gasteiger partial charge in [0.15, 0.2) is 24.7 Å². The summed E-state index contributed by atoms with van der Waals surface area (Å²) in [5.41, 5.74) is 0.363. The van der Waals surface area contributed by atoms with Crippen LogP contribution in [-0.2, 0) is 14.3 Å². The second-order valence-corrected chi connectivity index (χ2v) is 5.98. The highest BCUT2D eigenvalue weighted by atomic mass is 32.1. The van der Waals surface area contributed by atoms with Gasteiger partial charge in [-0.3, -0.25) is 4.79 Å². The number of hydrogen-bond donors (Lipinski definition) is 1. The zero-order valence-corrected chi connectivity index (χ0v) is 15.0. The normalized spacial score (nSPS) is 9.85. The average Bonchev–Trinajstić information content (AvgIpc) is 3.10. The van der Waals surface area contributed by atoms with Crippen molar-refractivity contribution in [3.63, 3.8) is 0 Å². The van der Waals surface area contributed by atoms with Crippen LogP contribution in [0.5, 0.6) is 11.5 Å². The lowest BCUT2D eigenvalue weighted by Gasteiger charge is -2.11. The van der Waals surface area contributed by atoms with Crippen molar-refractivity contribution >= 4 is 28.2 Å². The summed E-state index contributed by atoms with van der Waals surface area (Å²) in [4.78, 5) is 23.5. The minimum Gasteiger partial charge on any atom is -0.490 e. The number of para-hydroxylation sites is 2. The Labute approximate surface area is 155 Å². The first kappa shape index (κ1) is 19.3. The van der Waals surface area contributed by atoms with Gasteiger partial charge in [0.25, 0.3) is 5.91 Å². The predicted octanol–water partition coefficient (Wildman–Crippen LogP) is 2.97. The van der Waals surface area contributed by atoms with E-state index in [-0.39, 0.29) is 6.61 Å². The van der Waals surface area contributed by atoms with Gasteiger partial charge < -0.3 is 19.5 Å². The first-order valence-corrected chi connectivity index (χ1v) is 8.79. The summed E-state index contributed by atoms with van der Waals surface area (Å²) >= 11 is 1.22. The zero-order chi connectivity index (χ0) is 18.8. The number of ether oxygens (including phenoxy) is 3. The van der Waals surface area contributed by atoms with Crippen LogP contribution in [0.15, 0.2) is 35.7 Å². The lowest BCUT2D eigenvalue weighted by atomic mass is 10.3. The summed E-state index contributed by atoms with van der Waals surface area (Å²) in [5, 5.41) is 13.5. The molecular formula is C18H18N2O5S. The van der Waals surface area contributed by atoms with Gasteiger partial charge in [0, 0.05) is 0 Å². The van der Waals surface area contributed by atoms with Crippen molar-refractivity contribution in [1.29, 1.82) is 5.26 Å². The molecule has 0 unspecified atom stereocenters. The Morgan fingerprint density at radius 3 is 2.58 bits per heavy atom. The third-order valence-electron chi connectivity index (χ3n) is 3.06. The highest BCUT2D eigenvalue weighted by Gasteiger charge is 2.12. The first-order valence-electron chi connectivity index (χ1n) is 7.91. The van der Waals surface area contributed by atoms with Gasteiger partial charge in [-0.25, -0.2) is 4.79 Å². The van der Waals surface area contributed by atoms with Crippen LogP contribution < -0.4 is 14.8 Å². The molecule has 0 fully saturated rings. The van der Waals surface area contributed by atoms with Crippen LogP contribution in [0.1, 0.15) is 18.9 Å². The number of nitrogens with zero attached hydrogens (tertiary/aromatic N) is 1. The maximum Gasteiger partial charge on any atom is 0.344 e. The highest BCUT2D eigenvalue weighted by Crippen LogP contribution is 2.26. The maximum atomic E-state index is 11.8. The molecule has 0 radical (unpaired) electrons. The van der Waals surface area contributed by atoms with Crippen LogP contribution in [0.25, 0.3) is 0 Å². The van der Waals surface area contributed by atoms with Crippen molar-refractivity contribution in [1.82, 2.24) is 0 Å². The number of anilines is 1. The molecule has 1 heterocycles. The molecule has 0 aliphatic heterocycles. The van der Waals surface area contributed by atoms with Crippen LogP contribution in [0, 0.1) is 11.3 Å². The molecule has 2 aromatic rings. The maximum absolute atomic E-state index is 11.8. The lowest BCUT2D eigenvalue weighted by molar-refractivity contribution is -0.149. The van der Waals surface area contributed by atoms with Crippen LogP contribution in [0.3, 0.4) is 0 Å². The second kappa shape index (κ2) is 10.1. The van der Waals surface area contributed by atoms with Gasteiger partial charge >= 0.3 is 5.97 Å². The van der Waals surface area contributed by atoms with E-state index in [1.165, 1.54) is 11.3 Å². The second-order valence-electron chi connectivity index (χ2n) is 5.07. The Hall–Kier alpha value is -3.05. The Morgan fingerprint density at radius 2 is 1.88 bits per heavy atom. The molecule has 0 atom stereocenters. The van der Waals surface area contributed by atoms with Crippen LogP contribution in [-0.4, -0.2) is 31.7 Å². The molecule has 0 saturated carbocycles. The lowest BCUT2D eigenvalue weighted by Crippen LogP contribution is -2.23. The van der Waals surface area contributed by atoms with Crippen molar-refractivity contribution in [2.24, 2.45) is 0 Å². The number of benzene rings is 1. The average molecular weight is 374 g/mol. The van der Waals surface area contributed by atoms with Crippen molar-refractivity contribution in [3.8, 4) is 17.6 Å². The summed E-state index contributed by atoms with van der Waals surface area (Å²) in [6, 6.07) is 10.6. The summed E-state index contributed by atoms with van der Waals surface area (Å²) in [6.45, 7) is 1.72. The molecule has 0 saturated heterocycles. The fourth-order valence-electron chi connectivity index (χ4n) is 1.88. The fraction of sp³-hybridized carbons (Fsp3) is 0.278. The predicted molar refractivity (Wildman–Crippen MR) is 96.3 cm³/mol. The fourth-order valence-corrected chi connectivity index (χ4v) is 2.64. The summed E-state index contributed by atoms with van der Waals surface area (Å²) < 4.78 is 15.8. The molecule has 1 amide bonds. The number of hydrogen-bond acceptors (Lipinski definition) is 7. The molecular weight excluding hydrogens is 356 g/mol. The molecule has 136 valence electrons. The number of esters is 1. The molecule has 26 heavy (non-hydrogen) atoms. The molecule has 7 nitrogen and oxygen atoms in total. The Balaban J connectivity index is 1.77. The molecule has 1 N–H and O–H groups in total. The molecule has 2 rings (SSSR count). The molecule has 0 bridgehead atoms. The van der Waals surface area contributed by atoms with Gasteiger partial charge in [-0.15, -0.1) is 11.3 Å². The van der Waals surface area contributed by atoms with Gasteiger partial charge in [-0.1, -0.05) is 19.1 Å². The zero-order valence-electron chi connectivity index (χ0n) is 14.2. The van der Waals surface area contributed by atoms with E-state index >= 15 is 0 Å². The van der Waals surface area contributed by atoms with Gasteiger partial charge in [0.05, 0.1) is 12.2 Å². The number of amides is 1. The van der Waals surface area contributed by atoms with E-state index < -0.39 is 18.5 Å². The topological polar surface area (TPSA) is 97.7 Å². The number of nitrogens with one attached hydrogen (secondary N) is 1. The van der Waals surface area contributed by atoms with Gasteiger partial charge in [0.2, 0.25) is 0 Å². The van der Waals surface area contributed by atoms with E-state index in [1.807, 2.05) is 13.0 Å². The number of nitriles is 1. The van der Waals surface area contributed by atoms with Crippen LogP contribution in [0.4, 0.5) is 5.00 Å². The molecule has 0 spiro atoms. The minimum atomic E-state index is -0.683. The van der Waals surface area contributed by atoms with E-state index in [9.17, 15) is 9.59 Å². The number of carbonyl (C=O) groups is 2.